The summed E-state index contributed by atoms with van der Waals surface area (Å²) in [7, 11) is 0. The van der Waals surface area contributed by atoms with E-state index >= 15 is 0 Å². The standard InChI is InChI=1S/C25H28FN3/c1-4-27-23(19-8-6-5-7-9-19)16-25(3)15-20-17-28-29(24(20)14-18(25)2)22-12-10-21(26)11-13-22/h5-14,17,23,27H,4,15-16H2,1-3H3. The Morgan fingerprint density at radius 3 is 2.55 bits per heavy atom. The smallest absolute Gasteiger partial charge is 0.123 e. The second kappa shape index (κ2) is 7.96. The van der Waals surface area contributed by atoms with Crippen molar-refractivity contribution in [1.29, 1.82) is 0 Å². The van der Waals surface area contributed by atoms with E-state index in [0.717, 1.165) is 30.8 Å². The fourth-order valence-corrected chi connectivity index (χ4v) is 4.33. The summed E-state index contributed by atoms with van der Waals surface area (Å²) >= 11 is 0. The lowest BCUT2D eigenvalue weighted by atomic mass is 9.69. The van der Waals surface area contributed by atoms with Gasteiger partial charge in [0.25, 0.3) is 0 Å². The topological polar surface area (TPSA) is 29.9 Å². The van der Waals surface area contributed by atoms with Crippen molar-refractivity contribution in [2.45, 2.75) is 39.7 Å². The minimum absolute atomic E-state index is 0.0480. The van der Waals surface area contributed by atoms with Crippen LogP contribution in [-0.4, -0.2) is 16.3 Å². The molecule has 1 N–H and O–H groups in total. The maximum absolute atomic E-state index is 13.3. The third-order valence-electron chi connectivity index (χ3n) is 6.15. The van der Waals surface area contributed by atoms with Gasteiger partial charge in [-0.15, -0.1) is 0 Å². The van der Waals surface area contributed by atoms with Crippen LogP contribution in [0.1, 0.15) is 50.1 Å². The third kappa shape index (κ3) is 3.90. The fraction of sp³-hybridized carbons (Fsp3) is 0.320. The molecule has 0 bridgehead atoms. The zero-order chi connectivity index (χ0) is 20.4. The molecule has 4 heteroatoms. The Balaban J connectivity index is 1.64. The highest BCUT2D eigenvalue weighted by Gasteiger charge is 2.35. The van der Waals surface area contributed by atoms with Gasteiger partial charge in [-0.2, -0.15) is 5.10 Å². The number of hydrogen-bond acceptors (Lipinski definition) is 2. The molecule has 1 aliphatic carbocycles. The lowest BCUT2D eigenvalue weighted by Gasteiger charge is -2.37. The zero-order valence-corrected chi connectivity index (χ0v) is 17.3. The molecule has 0 radical (unpaired) electrons. The van der Waals surface area contributed by atoms with Gasteiger partial charge in [-0.3, -0.25) is 0 Å². The predicted molar refractivity (Wildman–Crippen MR) is 116 cm³/mol. The van der Waals surface area contributed by atoms with Crippen LogP contribution in [0.25, 0.3) is 11.8 Å². The van der Waals surface area contributed by atoms with E-state index in [1.54, 1.807) is 12.1 Å². The molecule has 0 fully saturated rings. The largest absolute Gasteiger partial charge is 0.310 e. The Kier molecular flexibility index (Phi) is 5.37. The SMILES string of the molecule is CCNC(CC1(C)Cc2cnn(-c3ccc(F)cc3)c2C=C1C)c1ccccc1. The number of hydrogen-bond donors (Lipinski definition) is 1. The van der Waals surface area contributed by atoms with E-state index in [0.29, 0.717) is 6.04 Å². The maximum Gasteiger partial charge on any atom is 0.123 e. The van der Waals surface area contributed by atoms with Crippen LogP contribution in [0.3, 0.4) is 0 Å². The van der Waals surface area contributed by atoms with Crippen molar-refractivity contribution < 1.29 is 4.39 Å². The lowest BCUT2D eigenvalue weighted by Crippen LogP contribution is -2.32. The number of fused-ring (bicyclic) bond motifs is 1. The minimum atomic E-state index is -0.232. The normalized spacial score (nSPS) is 19.5. The van der Waals surface area contributed by atoms with Crippen molar-refractivity contribution in [2.24, 2.45) is 5.41 Å². The molecule has 0 saturated heterocycles. The van der Waals surface area contributed by atoms with Gasteiger partial charge in [0.05, 0.1) is 17.6 Å². The molecule has 4 rings (SSSR count). The summed E-state index contributed by atoms with van der Waals surface area (Å²) in [5.74, 6) is -0.232. The summed E-state index contributed by atoms with van der Waals surface area (Å²) in [5.41, 5.74) is 5.96. The molecule has 150 valence electrons. The Morgan fingerprint density at radius 1 is 1.14 bits per heavy atom. The minimum Gasteiger partial charge on any atom is -0.310 e. The van der Waals surface area contributed by atoms with E-state index in [1.165, 1.54) is 28.8 Å². The van der Waals surface area contributed by atoms with Crippen molar-refractivity contribution in [1.82, 2.24) is 15.1 Å². The molecule has 2 unspecified atom stereocenters. The van der Waals surface area contributed by atoms with Gasteiger partial charge >= 0.3 is 0 Å². The van der Waals surface area contributed by atoms with Gasteiger partial charge in [-0.1, -0.05) is 49.8 Å². The highest BCUT2D eigenvalue weighted by Crippen LogP contribution is 2.44. The maximum atomic E-state index is 13.3. The van der Waals surface area contributed by atoms with Gasteiger partial charge in [0, 0.05) is 6.04 Å². The lowest BCUT2D eigenvalue weighted by molar-refractivity contribution is 0.303. The molecule has 1 aliphatic rings. The van der Waals surface area contributed by atoms with E-state index in [4.69, 9.17) is 0 Å². The van der Waals surface area contributed by atoms with Crippen molar-refractivity contribution in [2.75, 3.05) is 6.54 Å². The van der Waals surface area contributed by atoms with E-state index in [2.05, 4.69) is 67.6 Å². The molecule has 0 spiro atoms. The fourth-order valence-electron chi connectivity index (χ4n) is 4.33. The van der Waals surface area contributed by atoms with Crippen LogP contribution in [0.5, 0.6) is 0 Å². The van der Waals surface area contributed by atoms with Gasteiger partial charge < -0.3 is 5.32 Å². The van der Waals surface area contributed by atoms with Gasteiger partial charge in [-0.25, -0.2) is 9.07 Å². The molecule has 1 aromatic heterocycles. The second-order valence-corrected chi connectivity index (χ2v) is 8.23. The number of aromatic nitrogens is 2. The number of benzene rings is 2. The van der Waals surface area contributed by atoms with E-state index in [-0.39, 0.29) is 11.2 Å². The summed E-state index contributed by atoms with van der Waals surface area (Å²) in [6.45, 7) is 7.67. The van der Waals surface area contributed by atoms with Gasteiger partial charge in [0.1, 0.15) is 5.82 Å². The molecule has 0 amide bonds. The molecular weight excluding hydrogens is 361 g/mol. The van der Waals surface area contributed by atoms with Crippen LogP contribution < -0.4 is 5.32 Å². The molecule has 1 heterocycles. The van der Waals surface area contributed by atoms with Crippen LogP contribution >= 0.6 is 0 Å². The van der Waals surface area contributed by atoms with Gasteiger partial charge in [0.2, 0.25) is 0 Å². The molecule has 3 aromatic rings. The van der Waals surface area contributed by atoms with E-state index < -0.39 is 0 Å². The number of halogens is 1. The molecule has 2 atom stereocenters. The molecule has 0 aliphatic heterocycles. The summed E-state index contributed by atoms with van der Waals surface area (Å²) in [5, 5.41) is 8.27. The Labute approximate surface area is 172 Å². The van der Waals surface area contributed by atoms with Crippen LogP contribution in [-0.2, 0) is 6.42 Å². The van der Waals surface area contributed by atoms with Crippen LogP contribution in [0.15, 0.2) is 66.4 Å². The van der Waals surface area contributed by atoms with Crippen molar-refractivity contribution in [3.8, 4) is 5.69 Å². The first kappa shape index (κ1) is 19.6. The van der Waals surface area contributed by atoms with E-state index in [1.807, 2.05) is 10.9 Å². The molecule has 0 saturated carbocycles. The number of nitrogens with zero attached hydrogens (tertiary/aromatic N) is 2. The molecule has 3 nitrogen and oxygen atoms in total. The second-order valence-electron chi connectivity index (χ2n) is 8.23. The van der Waals surface area contributed by atoms with Crippen molar-refractivity contribution >= 4 is 6.08 Å². The van der Waals surface area contributed by atoms with Crippen LogP contribution in [0, 0.1) is 11.2 Å². The number of allylic oxidation sites excluding steroid dienone is 1. The van der Waals surface area contributed by atoms with E-state index in [9.17, 15) is 4.39 Å². The monoisotopic (exact) mass is 389 g/mol. The van der Waals surface area contributed by atoms with Gasteiger partial charge in [0.15, 0.2) is 0 Å². The number of nitrogens with one attached hydrogen (secondary N) is 1. The Hall–Kier alpha value is -2.72. The van der Waals surface area contributed by atoms with Crippen LogP contribution in [0.2, 0.25) is 0 Å². The first-order valence-corrected chi connectivity index (χ1v) is 10.3. The molecule has 29 heavy (non-hydrogen) atoms. The summed E-state index contributed by atoms with van der Waals surface area (Å²) in [6, 6.07) is 17.5. The first-order valence-electron chi connectivity index (χ1n) is 10.3. The Bertz CT molecular complexity index is 1000. The number of rotatable bonds is 6. The average molecular weight is 390 g/mol. The first-order chi connectivity index (χ1) is 14.0. The molecular formula is C25H28FN3. The van der Waals surface area contributed by atoms with Crippen LogP contribution in [0.4, 0.5) is 4.39 Å². The summed E-state index contributed by atoms with van der Waals surface area (Å²) in [6.07, 6.45) is 6.18. The quantitative estimate of drug-likeness (QED) is 0.584. The highest BCUT2D eigenvalue weighted by atomic mass is 19.1. The van der Waals surface area contributed by atoms with Gasteiger partial charge in [-0.05, 0) is 73.2 Å². The summed E-state index contributed by atoms with van der Waals surface area (Å²) < 4.78 is 15.2. The molecule has 2 aromatic carbocycles. The zero-order valence-electron chi connectivity index (χ0n) is 17.3. The van der Waals surface area contributed by atoms with Crippen molar-refractivity contribution in [3.63, 3.8) is 0 Å². The third-order valence-corrected chi connectivity index (χ3v) is 6.15. The predicted octanol–water partition coefficient (Wildman–Crippen LogP) is 5.72. The Morgan fingerprint density at radius 2 is 1.86 bits per heavy atom. The summed E-state index contributed by atoms with van der Waals surface area (Å²) in [4.78, 5) is 0. The average Bonchev–Trinajstić information content (AvgIpc) is 3.11. The highest BCUT2D eigenvalue weighted by molar-refractivity contribution is 5.60. The van der Waals surface area contributed by atoms with Crippen molar-refractivity contribution in [3.05, 3.63) is 89.0 Å².